The number of fused-ring (bicyclic) bond motifs is 5. The molecule has 4 heteroatoms. The molecule has 0 aliphatic heterocycles. The van der Waals surface area contributed by atoms with Gasteiger partial charge in [-0.25, -0.2) is 8.78 Å². The second kappa shape index (κ2) is 6.89. The molecule has 10 atom stereocenters. The maximum Gasteiger partial charge on any atom is 0.270 e. The highest BCUT2D eigenvalue weighted by atomic mass is 19.3. The van der Waals surface area contributed by atoms with Gasteiger partial charge in [-0.05, 0) is 111 Å². The van der Waals surface area contributed by atoms with E-state index in [0.29, 0.717) is 29.1 Å². The first-order chi connectivity index (χ1) is 13.3. The van der Waals surface area contributed by atoms with Crippen LogP contribution in [0.3, 0.4) is 0 Å². The van der Waals surface area contributed by atoms with Crippen molar-refractivity contribution in [3.05, 3.63) is 0 Å². The van der Waals surface area contributed by atoms with Crippen LogP contribution in [0.15, 0.2) is 0 Å². The summed E-state index contributed by atoms with van der Waals surface area (Å²) in [6.07, 6.45) is 8.26. The molecule has 4 saturated carbocycles. The minimum atomic E-state index is -3.03. The van der Waals surface area contributed by atoms with Crippen molar-refractivity contribution < 1.29 is 19.0 Å². The first-order valence-electron chi connectivity index (χ1n) is 12.1. The average Bonchev–Trinajstić information content (AvgIpc) is 2.97. The van der Waals surface area contributed by atoms with E-state index in [0.717, 1.165) is 45.4 Å². The number of hydrogen-bond donors (Lipinski definition) is 2. The van der Waals surface area contributed by atoms with Crippen molar-refractivity contribution >= 4 is 0 Å². The maximum atomic E-state index is 13.9. The Hall–Kier alpha value is -0.220. The fourth-order valence-electron chi connectivity index (χ4n) is 9.02. The van der Waals surface area contributed by atoms with Crippen LogP contribution in [0.4, 0.5) is 8.78 Å². The van der Waals surface area contributed by atoms with Crippen molar-refractivity contribution in [3.8, 4) is 0 Å². The molecule has 0 saturated heterocycles. The van der Waals surface area contributed by atoms with Gasteiger partial charge in [0.05, 0.1) is 5.60 Å². The Morgan fingerprint density at radius 1 is 0.897 bits per heavy atom. The molecule has 0 amide bonds. The summed E-state index contributed by atoms with van der Waals surface area (Å²) in [6, 6.07) is 0. The summed E-state index contributed by atoms with van der Waals surface area (Å²) in [6.45, 7) is 9.56. The second-order valence-electron chi connectivity index (χ2n) is 12.3. The zero-order valence-electron chi connectivity index (χ0n) is 19.1. The van der Waals surface area contributed by atoms with Crippen molar-refractivity contribution in [3.63, 3.8) is 0 Å². The highest BCUT2D eigenvalue weighted by molar-refractivity contribution is 5.11. The molecule has 2 N–H and O–H groups in total. The zero-order chi connectivity index (χ0) is 21.4. The van der Waals surface area contributed by atoms with E-state index >= 15 is 0 Å². The van der Waals surface area contributed by atoms with Crippen molar-refractivity contribution in [2.45, 2.75) is 110 Å². The van der Waals surface area contributed by atoms with Crippen LogP contribution in [-0.4, -0.2) is 27.8 Å². The molecule has 168 valence electrons. The van der Waals surface area contributed by atoms with Gasteiger partial charge in [0.15, 0.2) is 0 Å². The van der Waals surface area contributed by atoms with Crippen LogP contribution in [0.1, 0.15) is 92.4 Å². The summed E-state index contributed by atoms with van der Waals surface area (Å²) in [5, 5.41) is 21.0. The predicted molar refractivity (Wildman–Crippen MR) is 112 cm³/mol. The number of aliphatic hydroxyl groups excluding tert-OH is 1. The van der Waals surface area contributed by atoms with Gasteiger partial charge in [-0.1, -0.05) is 20.8 Å². The normalized spacial score (nSPS) is 52.2. The van der Waals surface area contributed by atoms with E-state index in [4.69, 9.17) is 0 Å². The third-order valence-electron chi connectivity index (χ3n) is 10.7. The number of aliphatic hydroxyl groups is 2. The molecule has 4 aliphatic rings. The van der Waals surface area contributed by atoms with Crippen LogP contribution in [0.2, 0.25) is 0 Å². The lowest BCUT2D eigenvalue weighted by Gasteiger charge is -2.62. The van der Waals surface area contributed by atoms with E-state index in [1.807, 2.05) is 13.8 Å². The van der Waals surface area contributed by atoms with E-state index in [1.165, 1.54) is 19.3 Å². The van der Waals surface area contributed by atoms with Gasteiger partial charge >= 0.3 is 0 Å². The number of halogens is 2. The Morgan fingerprint density at radius 2 is 1.55 bits per heavy atom. The van der Waals surface area contributed by atoms with Gasteiger partial charge in [-0.3, -0.25) is 0 Å². The lowest BCUT2D eigenvalue weighted by molar-refractivity contribution is -0.160. The van der Waals surface area contributed by atoms with Crippen molar-refractivity contribution in [2.75, 3.05) is 0 Å². The smallest absolute Gasteiger partial charge is 0.270 e. The monoisotopic (exact) mass is 412 g/mol. The van der Waals surface area contributed by atoms with Crippen LogP contribution in [0, 0.1) is 46.3 Å². The number of hydrogen-bond acceptors (Lipinski definition) is 2. The maximum absolute atomic E-state index is 13.9. The molecule has 0 bridgehead atoms. The molecule has 4 rings (SSSR count). The molecule has 0 aromatic rings. The minimum Gasteiger partial charge on any atom is -0.390 e. The summed E-state index contributed by atoms with van der Waals surface area (Å²) >= 11 is 0. The SMILES string of the molecule is C[C@@H]([C@H]1CC[C@H]2[C@@H]3CC[C@@H]4C[C@@](C)(O)CC[C@]4(C)[C@H]3CC[C@]12C)[C@H](O)C(C)(F)F. The zero-order valence-corrected chi connectivity index (χ0v) is 19.1. The predicted octanol–water partition coefficient (Wildman–Crippen LogP) is 6.05. The highest BCUT2D eigenvalue weighted by Gasteiger charge is 2.62. The average molecular weight is 413 g/mol. The van der Waals surface area contributed by atoms with Gasteiger partial charge in [-0.2, -0.15) is 0 Å². The van der Waals surface area contributed by atoms with Gasteiger partial charge in [-0.15, -0.1) is 0 Å². The summed E-state index contributed by atoms with van der Waals surface area (Å²) in [7, 11) is 0. The van der Waals surface area contributed by atoms with Gasteiger partial charge in [0.2, 0.25) is 0 Å². The first-order valence-corrected chi connectivity index (χ1v) is 12.1. The lowest BCUT2D eigenvalue weighted by atomic mass is 9.43. The molecular formula is C25H42F2O2. The molecule has 0 spiro atoms. The van der Waals surface area contributed by atoms with Crippen LogP contribution >= 0.6 is 0 Å². The lowest BCUT2D eigenvalue weighted by Crippen LogP contribution is -2.56. The topological polar surface area (TPSA) is 40.5 Å². The van der Waals surface area contributed by atoms with Gasteiger partial charge in [0.1, 0.15) is 6.10 Å². The minimum absolute atomic E-state index is 0.0795. The fraction of sp³-hybridized carbons (Fsp3) is 1.00. The standard InChI is InChI=1S/C25H42F2O2/c1-15(21(28)25(5,26)27)18-8-9-19-17-7-6-16-14-22(2,29)12-13-23(16,3)20(17)10-11-24(18,19)4/h15-21,28-29H,6-14H2,1-5H3/t15-,16+,17-,18+,19-,20-,21-,22-,23-,24+/m0/s1. The van der Waals surface area contributed by atoms with Crippen molar-refractivity contribution in [1.82, 2.24) is 0 Å². The molecule has 2 nitrogen and oxygen atoms in total. The van der Waals surface area contributed by atoms with Crippen LogP contribution in [0.25, 0.3) is 0 Å². The molecule has 29 heavy (non-hydrogen) atoms. The summed E-state index contributed by atoms with van der Waals surface area (Å²) in [4.78, 5) is 0. The molecule has 4 aliphatic carbocycles. The van der Waals surface area contributed by atoms with Crippen molar-refractivity contribution in [2.24, 2.45) is 46.3 Å². The Labute approximate surface area is 175 Å². The molecule has 0 heterocycles. The largest absolute Gasteiger partial charge is 0.390 e. The van der Waals surface area contributed by atoms with Gasteiger partial charge in [0.25, 0.3) is 5.92 Å². The first kappa shape index (κ1) is 22.0. The van der Waals surface area contributed by atoms with E-state index in [2.05, 4.69) is 13.8 Å². The molecule has 0 aromatic carbocycles. The quantitative estimate of drug-likeness (QED) is 0.592. The molecule has 4 fully saturated rings. The Bertz CT molecular complexity index is 629. The third-order valence-corrected chi connectivity index (χ3v) is 10.7. The van der Waals surface area contributed by atoms with E-state index in [9.17, 15) is 19.0 Å². The Kier molecular flexibility index (Phi) is 5.22. The molecular weight excluding hydrogens is 370 g/mol. The fourth-order valence-corrected chi connectivity index (χ4v) is 9.02. The summed E-state index contributed by atoms with van der Waals surface area (Å²) in [5.74, 6) is -0.586. The molecule has 0 aromatic heterocycles. The summed E-state index contributed by atoms with van der Waals surface area (Å²) in [5.41, 5.74) is -0.0993. The van der Waals surface area contributed by atoms with E-state index in [-0.39, 0.29) is 17.3 Å². The number of rotatable bonds is 3. The third kappa shape index (κ3) is 3.39. The van der Waals surface area contributed by atoms with Gasteiger partial charge < -0.3 is 10.2 Å². The van der Waals surface area contributed by atoms with Crippen LogP contribution in [-0.2, 0) is 0 Å². The van der Waals surface area contributed by atoms with Crippen LogP contribution in [0.5, 0.6) is 0 Å². The van der Waals surface area contributed by atoms with E-state index in [1.54, 1.807) is 0 Å². The van der Waals surface area contributed by atoms with E-state index < -0.39 is 17.6 Å². The number of alkyl halides is 2. The van der Waals surface area contributed by atoms with Crippen LogP contribution < -0.4 is 0 Å². The molecule has 0 unspecified atom stereocenters. The summed E-state index contributed by atoms with van der Waals surface area (Å²) < 4.78 is 27.7. The second-order valence-corrected chi connectivity index (χ2v) is 12.3. The van der Waals surface area contributed by atoms with Crippen molar-refractivity contribution in [1.29, 1.82) is 0 Å². The molecule has 0 radical (unpaired) electrons. The highest BCUT2D eigenvalue weighted by Crippen LogP contribution is 2.69. The Balaban J connectivity index is 1.55. The Morgan fingerprint density at radius 3 is 2.21 bits per heavy atom. The van der Waals surface area contributed by atoms with Gasteiger partial charge in [0, 0.05) is 6.92 Å².